The number of hydrogen-bond acceptors (Lipinski definition) is 8. The highest BCUT2D eigenvalue weighted by Gasteiger charge is 2.43. The Labute approximate surface area is 210 Å². The van der Waals surface area contributed by atoms with Crippen molar-refractivity contribution in [1.29, 1.82) is 0 Å². The highest BCUT2D eigenvalue weighted by molar-refractivity contribution is 5.72. The third-order valence-electron chi connectivity index (χ3n) is 6.49. The van der Waals surface area contributed by atoms with E-state index in [1.54, 1.807) is 6.92 Å². The molecule has 35 heavy (non-hydrogen) atoms. The van der Waals surface area contributed by atoms with Crippen LogP contribution >= 0.6 is 0 Å². The van der Waals surface area contributed by atoms with Gasteiger partial charge in [-0.05, 0) is 26.2 Å². The Morgan fingerprint density at radius 3 is 1.86 bits per heavy atom. The van der Waals surface area contributed by atoms with E-state index in [-0.39, 0.29) is 12.8 Å². The number of carbonyl (C=O) groups is 2. The molecule has 1 aliphatic heterocycles. The van der Waals surface area contributed by atoms with Gasteiger partial charge in [0.05, 0.1) is 25.0 Å². The molecule has 4 unspecified atom stereocenters. The van der Waals surface area contributed by atoms with Crippen LogP contribution in [0.3, 0.4) is 0 Å². The van der Waals surface area contributed by atoms with Gasteiger partial charge in [0.1, 0.15) is 24.4 Å². The first-order chi connectivity index (χ1) is 16.7. The van der Waals surface area contributed by atoms with Gasteiger partial charge in [0.15, 0.2) is 6.29 Å². The summed E-state index contributed by atoms with van der Waals surface area (Å²) in [6, 6.07) is 0. The third kappa shape index (κ3) is 13.0. The first-order valence-corrected chi connectivity index (χ1v) is 13.5. The van der Waals surface area contributed by atoms with E-state index < -0.39 is 54.9 Å². The summed E-state index contributed by atoms with van der Waals surface area (Å²) in [4.78, 5) is 24.0. The lowest BCUT2D eigenvalue weighted by Crippen LogP contribution is -2.58. The van der Waals surface area contributed by atoms with E-state index in [4.69, 9.17) is 14.2 Å². The minimum absolute atomic E-state index is 0.112. The van der Waals surface area contributed by atoms with Gasteiger partial charge in [0.25, 0.3) is 0 Å². The largest absolute Gasteiger partial charge is 0.481 e. The number of aliphatic carboxylic acids is 1. The zero-order valence-corrected chi connectivity index (χ0v) is 21.8. The van der Waals surface area contributed by atoms with E-state index in [2.05, 4.69) is 13.8 Å². The van der Waals surface area contributed by atoms with Crippen LogP contribution in [0.1, 0.15) is 111 Å². The molecule has 1 rings (SSSR count). The maximum atomic E-state index is 12.7. The predicted octanol–water partition coefficient (Wildman–Crippen LogP) is 3.70. The van der Waals surface area contributed by atoms with Crippen molar-refractivity contribution in [2.45, 2.75) is 154 Å². The summed E-state index contributed by atoms with van der Waals surface area (Å²) in [6.07, 6.45) is 3.42. The maximum absolute atomic E-state index is 12.7. The number of rotatable bonds is 19. The quantitative estimate of drug-likeness (QED) is 0.153. The molecule has 0 aromatic rings. The smallest absolute Gasteiger partial charge is 0.308 e. The Balaban J connectivity index is 2.72. The Morgan fingerprint density at radius 2 is 1.31 bits per heavy atom. The molecule has 9 heteroatoms. The Morgan fingerprint density at radius 1 is 0.771 bits per heavy atom. The SMILES string of the molecule is CCCCCCCC(CC(=O)O)OC(=O)CC(CCCCCCC)O[C@@H]1OC(C)[C@H](O)[C@H](O)C1O. The van der Waals surface area contributed by atoms with Crippen molar-refractivity contribution in [3.63, 3.8) is 0 Å². The Hall–Kier alpha value is -1.26. The molecule has 9 nitrogen and oxygen atoms in total. The van der Waals surface area contributed by atoms with E-state index in [9.17, 15) is 30.0 Å². The first kappa shape index (κ1) is 31.8. The molecule has 1 fully saturated rings. The Bertz CT molecular complexity index is 585. The molecule has 1 saturated heterocycles. The highest BCUT2D eigenvalue weighted by Crippen LogP contribution is 2.25. The predicted molar refractivity (Wildman–Crippen MR) is 131 cm³/mol. The molecule has 0 radical (unpaired) electrons. The van der Waals surface area contributed by atoms with Gasteiger partial charge in [-0.15, -0.1) is 0 Å². The zero-order valence-electron chi connectivity index (χ0n) is 21.8. The average molecular weight is 505 g/mol. The summed E-state index contributed by atoms with van der Waals surface area (Å²) >= 11 is 0. The second-order valence-electron chi connectivity index (χ2n) is 9.76. The van der Waals surface area contributed by atoms with Crippen LogP contribution in [-0.2, 0) is 23.8 Å². The molecule has 1 heterocycles. The van der Waals surface area contributed by atoms with Crippen LogP contribution < -0.4 is 0 Å². The topological polar surface area (TPSA) is 143 Å². The zero-order chi connectivity index (χ0) is 26.2. The molecular weight excluding hydrogens is 456 g/mol. The van der Waals surface area contributed by atoms with Crippen LogP contribution in [-0.4, -0.2) is 75.3 Å². The minimum atomic E-state index is -1.46. The number of unbranched alkanes of at least 4 members (excludes halogenated alkanes) is 8. The van der Waals surface area contributed by atoms with Crippen molar-refractivity contribution in [3.05, 3.63) is 0 Å². The van der Waals surface area contributed by atoms with Gasteiger partial charge in [-0.3, -0.25) is 9.59 Å². The number of hydrogen-bond donors (Lipinski definition) is 4. The van der Waals surface area contributed by atoms with Crippen molar-refractivity contribution < 1.29 is 44.2 Å². The molecule has 0 aromatic carbocycles. The highest BCUT2D eigenvalue weighted by atomic mass is 16.7. The molecule has 7 atom stereocenters. The van der Waals surface area contributed by atoms with Crippen LogP contribution in [0.25, 0.3) is 0 Å². The fraction of sp³-hybridized carbons (Fsp3) is 0.923. The average Bonchev–Trinajstić information content (AvgIpc) is 2.80. The number of carboxylic acid groups (broad SMARTS) is 1. The molecule has 0 spiro atoms. The number of aliphatic hydroxyl groups excluding tert-OH is 3. The van der Waals surface area contributed by atoms with E-state index >= 15 is 0 Å². The van der Waals surface area contributed by atoms with Crippen LogP contribution in [0, 0.1) is 0 Å². The fourth-order valence-corrected chi connectivity index (χ4v) is 4.30. The van der Waals surface area contributed by atoms with Gasteiger partial charge < -0.3 is 34.6 Å². The van der Waals surface area contributed by atoms with E-state index in [1.165, 1.54) is 0 Å². The van der Waals surface area contributed by atoms with Crippen molar-refractivity contribution in [1.82, 2.24) is 0 Å². The fourth-order valence-electron chi connectivity index (χ4n) is 4.30. The Kier molecular flexibility index (Phi) is 16.4. The molecular formula is C26H48O9. The second-order valence-corrected chi connectivity index (χ2v) is 9.76. The lowest BCUT2D eigenvalue weighted by Gasteiger charge is -2.40. The molecule has 0 saturated carbocycles. The maximum Gasteiger partial charge on any atom is 0.308 e. The number of esters is 1. The summed E-state index contributed by atoms with van der Waals surface area (Å²) in [5.41, 5.74) is 0. The summed E-state index contributed by atoms with van der Waals surface area (Å²) < 4.78 is 17.0. The van der Waals surface area contributed by atoms with E-state index in [0.717, 1.165) is 64.2 Å². The molecule has 4 N–H and O–H groups in total. The van der Waals surface area contributed by atoms with Crippen LogP contribution in [0.2, 0.25) is 0 Å². The molecule has 206 valence electrons. The number of carbonyl (C=O) groups excluding carboxylic acids is 1. The number of ether oxygens (including phenoxy) is 3. The van der Waals surface area contributed by atoms with Crippen molar-refractivity contribution >= 4 is 11.9 Å². The van der Waals surface area contributed by atoms with Gasteiger partial charge in [-0.25, -0.2) is 0 Å². The van der Waals surface area contributed by atoms with E-state index in [1.807, 2.05) is 0 Å². The summed E-state index contributed by atoms with van der Waals surface area (Å²) in [5, 5.41) is 39.5. The lowest BCUT2D eigenvalue weighted by molar-refractivity contribution is -0.304. The second kappa shape index (κ2) is 18.1. The molecule has 0 bridgehead atoms. The first-order valence-electron chi connectivity index (χ1n) is 13.5. The molecule has 0 aliphatic carbocycles. The van der Waals surface area contributed by atoms with Gasteiger partial charge in [0.2, 0.25) is 0 Å². The summed E-state index contributed by atoms with van der Waals surface area (Å²) in [5.74, 6) is -1.57. The molecule has 0 amide bonds. The van der Waals surface area contributed by atoms with Gasteiger partial charge in [-0.1, -0.05) is 71.6 Å². The van der Waals surface area contributed by atoms with Crippen molar-refractivity contribution in [3.8, 4) is 0 Å². The molecule has 1 aliphatic rings. The standard InChI is InChI=1S/C26H48O9/c1-4-6-8-10-12-14-19(16-21(27)28)34-22(29)17-20(15-13-11-9-7-5-2)35-26-25(32)24(31)23(30)18(3)33-26/h18-20,23-26,30-32H,4-17H2,1-3H3,(H,27,28)/t18?,19?,20?,23-,24-,25?,26-/m0/s1. The minimum Gasteiger partial charge on any atom is -0.481 e. The monoisotopic (exact) mass is 504 g/mol. The van der Waals surface area contributed by atoms with E-state index in [0.29, 0.717) is 12.8 Å². The van der Waals surface area contributed by atoms with Crippen LogP contribution in [0.4, 0.5) is 0 Å². The van der Waals surface area contributed by atoms with Crippen molar-refractivity contribution in [2.75, 3.05) is 0 Å². The number of carboxylic acids is 1. The third-order valence-corrected chi connectivity index (χ3v) is 6.49. The van der Waals surface area contributed by atoms with Gasteiger partial charge >= 0.3 is 11.9 Å². The summed E-state index contributed by atoms with van der Waals surface area (Å²) in [6.45, 7) is 5.82. The van der Waals surface area contributed by atoms with Gasteiger partial charge in [-0.2, -0.15) is 0 Å². The normalized spacial score (nSPS) is 26.3. The van der Waals surface area contributed by atoms with Crippen LogP contribution in [0.5, 0.6) is 0 Å². The molecule has 0 aromatic heterocycles. The van der Waals surface area contributed by atoms with Gasteiger partial charge in [0, 0.05) is 0 Å². The number of aliphatic hydroxyl groups is 3. The summed E-state index contributed by atoms with van der Waals surface area (Å²) in [7, 11) is 0. The van der Waals surface area contributed by atoms with Crippen molar-refractivity contribution in [2.24, 2.45) is 0 Å². The lowest BCUT2D eigenvalue weighted by atomic mass is 9.99. The van der Waals surface area contributed by atoms with Crippen LogP contribution in [0.15, 0.2) is 0 Å².